The number of carbonyl (C=O) groups excluding carboxylic acids is 1. The van der Waals surface area contributed by atoms with Gasteiger partial charge in [-0.05, 0) is 32.0 Å². The number of methoxy groups -OCH3 is 1. The number of likely N-dealkylation sites (tertiary alicyclic amines) is 1. The molecule has 1 saturated heterocycles. The molecule has 0 radical (unpaired) electrons. The highest BCUT2D eigenvalue weighted by Gasteiger charge is 2.18. The Morgan fingerprint density at radius 3 is 2.79 bits per heavy atom. The first-order valence-corrected chi connectivity index (χ1v) is 8.17. The van der Waals surface area contributed by atoms with Crippen LogP contribution in [0.2, 0.25) is 0 Å². The number of hydrogen-bond donors (Lipinski definition) is 1. The van der Waals surface area contributed by atoms with Gasteiger partial charge in [-0.3, -0.25) is 9.69 Å². The van der Waals surface area contributed by atoms with E-state index in [1.54, 1.807) is 6.08 Å². The topological polar surface area (TPSA) is 82.6 Å². The second kappa shape index (κ2) is 8.57. The smallest absolute Gasteiger partial charge is 0.265 e. The van der Waals surface area contributed by atoms with E-state index in [0.717, 1.165) is 24.1 Å². The van der Waals surface area contributed by atoms with E-state index in [4.69, 9.17) is 27.5 Å². The molecule has 1 aromatic carbocycles. The highest BCUT2D eigenvalue weighted by Crippen LogP contribution is 2.34. The normalized spacial score (nSPS) is 15.2. The third-order valence-corrected chi connectivity index (χ3v) is 4.30. The fourth-order valence-corrected chi connectivity index (χ4v) is 2.82. The second-order valence-electron chi connectivity index (χ2n) is 5.61. The Morgan fingerprint density at radius 2 is 2.17 bits per heavy atom. The van der Waals surface area contributed by atoms with E-state index in [2.05, 4.69) is 4.90 Å². The number of benzene rings is 1. The van der Waals surface area contributed by atoms with Crippen LogP contribution in [-0.4, -0.2) is 37.6 Å². The molecule has 1 fully saturated rings. The lowest BCUT2D eigenvalue weighted by Crippen LogP contribution is -2.30. The molecule has 7 heteroatoms. The molecule has 1 aliphatic rings. The molecule has 2 rings (SSSR count). The van der Waals surface area contributed by atoms with Crippen LogP contribution in [-0.2, 0) is 4.79 Å². The summed E-state index contributed by atoms with van der Waals surface area (Å²) in [5.74, 6) is -0.0695. The molecule has 128 valence electrons. The Balaban J connectivity index is 2.08. The SMILES string of the molecule is COc1cc(N)c(C#N)cc1N(Cl)C(=O)C=CCN1CCCCC1. The zero-order valence-electron chi connectivity index (χ0n) is 13.7. The van der Waals surface area contributed by atoms with Crippen LogP contribution < -0.4 is 14.9 Å². The van der Waals surface area contributed by atoms with Gasteiger partial charge < -0.3 is 10.5 Å². The number of piperidine rings is 1. The zero-order valence-corrected chi connectivity index (χ0v) is 14.4. The maximum absolute atomic E-state index is 12.3. The minimum absolute atomic E-state index is 0.238. The molecule has 0 aliphatic carbocycles. The average Bonchev–Trinajstić information content (AvgIpc) is 2.61. The predicted octanol–water partition coefficient (Wildman–Crippen LogP) is 2.68. The maximum Gasteiger partial charge on any atom is 0.265 e. The van der Waals surface area contributed by atoms with Gasteiger partial charge in [-0.1, -0.05) is 12.5 Å². The Bertz CT molecular complexity index is 663. The summed E-state index contributed by atoms with van der Waals surface area (Å²) < 4.78 is 6.13. The molecule has 0 atom stereocenters. The van der Waals surface area contributed by atoms with Gasteiger partial charge in [0, 0.05) is 30.5 Å². The molecule has 0 saturated carbocycles. The molecule has 1 aromatic rings. The van der Waals surface area contributed by atoms with Gasteiger partial charge in [-0.15, -0.1) is 0 Å². The van der Waals surface area contributed by atoms with Crippen LogP contribution in [0.25, 0.3) is 0 Å². The number of carbonyl (C=O) groups is 1. The van der Waals surface area contributed by atoms with Crippen LogP contribution in [0.3, 0.4) is 0 Å². The van der Waals surface area contributed by atoms with Gasteiger partial charge in [0.25, 0.3) is 5.91 Å². The van der Waals surface area contributed by atoms with Crippen molar-refractivity contribution in [3.05, 3.63) is 29.8 Å². The minimum atomic E-state index is -0.402. The Hall–Kier alpha value is -2.23. The number of hydrogen-bond acceptors (Lipinski definition) is 5. The van der Waals surface area contributed by atoms with Crippen LogP contribution in [0.15, 0.2) is 24.3 Å². The summed E-state index contributed by atoms with van der Waals surface area (Å²) in [6.45, 7) is 2.83. The van der Waals surface area contributed by atoms with E-state index < -0.39 is 5.91 Å². The summed E-state index contributed by atoms with van der Waals surface area (Å²) >= 11 is 6.13. The summed E-state index contributed by atoms with van der Waals surface area (Å²) in [5, 5.41) is 9.08. The lowest BCUT2D eigenvalue weighted by atomic mass is 10.1. The van der Waals surface area contributed by atoms with Crippen molar-refractivity contribution in [3.63, 3.8) is 0 Å². The number of nitrogens with zero attached hydrogens (tertiary/aromatic N) is 3. The van der Waals surface area contributed by atoms with Gasteiger partial charge >= 0.3 is 0 Å². The molecule has 0 aromatic heterocycles. The third-order valence-electron chi connectivity index (χ3n) is 3.95. The van der Waals surface area contributed by atoms with Crippen molar-refractivity contribution < 1.29 is 9.53 Å². The van der Waals surface area contributed by atoms with Crippen molar-refractivity contribution in [3.8, 4) is 11.8 Å². The number of ether oxygens (including phenoxy) is 1. The van der Waals surface area contributed by atoms with Crippen molar-refractivity contribution in [1.82, 2.24) is 4.90 Å². The van der Waals surface area contributed by atoms with E-state index >= 15 is 0 Å². The van der Waals surface area contributed by atoms with E-state index in [9.17, 15) is 4.79 Å². The first kappa shape index (κ1) is 18.1. The first-order valence-electron chi connectivity index (χ1n) is 7.83. The van der Waals surface area contributed by atoms with Crippen LogP contribution in [0, 0.1) is 11.3 Å². The quantitative estimate of drug-likeness (QED) is 0.502. The predicted molar refractivity (Wildman–Crippen MR) is 94.9 cm³/mol. The molecular formula is C17H21ClN4O2. The van der Waals surface area contributed by atoms with Crippen molar-refractivity contribution >= 4 is 29.1 Å². The molecular weight excluding hydrogens is 328 g/mol. The van der Waals surface area contributed by atoms with Gasteiger partial charge in [0.2, 0.25) is 0 Å². The fraction of sp³-hybridized carbons (Fsp3) is 0.412. The molecule has 1 heterocycles. The number of rotatable bonds is 5. The Kier molecular flexibility index (Phi) is 6.47. The van der Waals surface area contributed by atoms with E-state index in [1.807, 2.05) is 6.07 Å². The summed E-state index contributed by atoms with van der Waals surface area (Å²) in [5.41, 5.74) is 6.55. The highest BCUT2D eigenvalue weighted by molar-refractivity contribution is 6.38. The van der Waals surface area contributed by atoms with Crippen LogP contribution in [0.5, 0.6) is 5.75 Å². The monoisotopic (exact) mass is 348 g/mol. The van der Waals surface area contributed by atoms with Gasteiger partial charge in [0.1, 0.15) is 17.5 Å². The number of nitriles is 1. The molecule has 0 bridgehead atoms. The number of nitrogens with two attached hydrogens (primary N) is 1. The van der Waals surface area contributed by atoms with Crippen LogP contribution >= 0.6 is 11.8 Å². The number of halogens is 1. The molecule has 0 spiro atoms. The third kappa shape index (κ3) is 4.40. The number of nitrogen functional groups attached to an aromatic ring is 1. The van der Waals surface area contributed by atoms with Gasteiger partial charge in [0.15, 0.2) is 0 Å². The summed E-state index contributed by atoms with van der Waals surface area (Å²) in [4.78, 5) is 14.6. The molecule has 1 amide bonds. The largest absolute Gasteiger partial charge is 0.494 e. The lowest BCUT2D eigenvalue weighted by Gasteiger charge is -2.24. The van der Waals surface area contributed by atoms with Crippen molar-refractivity contribution in [1.29, 1.82) is 5.26 Å². The summed E-state index contributed by atoms with van der Waals surface area (Å²) in [7, 11) is 1.45. The standard InChI is InChI=1S/C17H21ClN4O2/c1-24-16-11-14(20)13(12-19)10-15(16)22(18)17(23)6-5-9-21-7-3-2-4-8-21/h5-6,10-11H,2-4,7-9,20H2,1H3. The van der Waals surface area contributed by atoms with Gasteiger partial charge in [0.05, 0.1) is 18.4 Å². The minimum Gasteiger partial charge on any atom is -0.494 e. The van der Waals surface area contributed by atoms with Crippen LogP contribution in [0.4, 0.5) is 11.4 Å². The maximum atomic E-state index is 12.3. The van der Waals surface area contributed by atoms with Crippen LogP contribution in [0.1, 0.15) is 24.8 Å². The van der Waals surface area contributed by atoms with Gasteiger partial charge in [-0.2, -0.15) is 5.26 Å². The summed E-state index contributed by atoms with van der Waals surface area (Å²) in [6.07, 6.45) is 6.90. The lowest BCUT2D eigenvalue weighted by molar-refractivity contribution is -0.113. The second-order valence-corrected chi connectivity index (χ2v) is 5.94. The number of amides is 1. The molecule has 1 aliphatic heterocycles. The number of anilines is 2. The zero-order chi connectivity index (χ0) is 17.5. The highest BCUT2D eigenvalue weighted by atomic mass is 35.5. The van der Waals surface area contributed by atoms with E-state index in [0.29, 0.717) is 5.75 Å². The molecule has 0 unspecified atom stereocenters. The van der Waals surface area contributed by atoms with Crippen molar-refractivity contribution in [2.75, 3.05) is 36.9 Å². The molecule has 24 heavy (non-hydrogen) atoms. The molecule has 2 N–H and O–H groups in total. The fourth-order valence-electron chi connectivity index (χ4n) is 2.63. The average molecular weight is 349 g/mol. The van der Waals surface area contributed by atoms with E-state index in [1.165, 1.54) is 44.6 Å². The van der Waals surface area contributed by atoms with E-state index in [-0.39, 0.29) is 16.9 Å². The first-order chi connectivity index (χ1) is 11.6. The summed E-state index contributed by atoms with van der Waals surface area (Å²) in [6, 6.07) is 4.89. The Morgan fingerprint density at radius 1 is 1.46 bits per heavy atom. The van der Waals surface area contributed by atoms with Crippen molar-refractivity contribution in [2.24, 2.45) is 0 Å². The molecule has 6 nitrogen and oxygen atoms in total. The van der Waals surface area contributed by atoms with Gasteiger partial charge in [-0.25, -0.2) is 4.42 Å². The Labute approximate surface area is 147 Å². The van der Waals surface area contributed by atoms with Crippen molar-refractivity contribution in [2.45, 2.75) is 19.3 Å².